The van der Waals surface area contributed by atoms with Crippen molar-refractivity contribution in [2.24, 2.45) is 0 Å². The molecule has 0 fully saturated rings. The van der Waals surface area contributed by atoms with Gasteiger partial charge >= 0.3 is 51.4 Å². The Bertz CT molecular complexity index is 73.7. The van der Waals surface area contributed by atoms with Gasteiger partial charge in [0, 0.05) is 42.6 Å². The molecule has 68 valence electrons. The van der Waals surface area contributed by atoms with Gasteiger partial charge in [0.05, 0.1) is 0 Å². The minimum atomic E-state index is 0. The maximum absolute atomic E-state index is 9.24. The zero-order valence-electron chi connectivity index (χ0n) is 6.77. The number of nitrogens with one attached hydrogen (secondary N) is 1. The third-order valence-corrected chi connectivity index (χ3v) is 1.25. The molecule has 1 N–H and O–H groups in total. The Kier molecular flexibility index (Phi) is 21.4. The molecule has 0 spiro atoms. The van der Waals surface area contributed by atoms with Gasteiger partial charge in [-0.15, -0.1) is 9.32 Å². The third-order valence-electron chi connectivity index (χ3n) is 0.524. The fourth-order valence-electron chi connectivity index (χ4n) is 0.237. The maximum Gasteiger partial charge on any atom is 1.00 e. The fourth-order valence-corrected chi connectivity index (χ4v) is 0.627. The predicted molar refractivity (Wildman–Crippen MR) is 38.3 cm³/mol. The molecule has 0 amide bonds. The Morgan fingerprint density at radius 1 is 1.42 bits per heavy atom. The normalized spacial score (nSPS) is 9.50. The Morgan fingerprint density at radius 3 is 2.75 bits per heavy atom. The van der Waals surface area contributed by atoms with Crippen LogP contribution in [-0.2, 0) is 18.7 Å². The third kappa shape index (κ3) is 14.6. The summed E-state index contributed by atoms with van der Waals surface area (Å²) in [6, 6.07) is 0. The quantitative estimate of drug-likeness (QED) is 0.155. The molecule has 0 saturated carbocycles. The van der Waals surface area contributed by atoms with Crippen LogP contribution in [0, 0.1) is 0 Å². The summed E-state index contributed by atoms with van der Waals surface area (Å²) in [5.74, 6) is 0.514. The van der Waals surface area contributed by atoms with E-state index in [1.54, 1.807) is 6.26 Å². The van der Waals surface area contributed by atoms with Crippen molar-refractivity contribution in [1.82, 2.24) is 5.48 Å². The van der Waals surface area contributed by atoms with Crippen molar-refractivity contribution < 1.29 is 75.3 Å². The zero-order chi connectivity index (χ0) is 8.36. The van der Waals surface area contributed by atoms with Crippen LogP contribution in [0.4, 0.5) is 0 Å². The Balaban J connectivity index is 0. The number of rotatable bonds is 8. The molecule has 0 heterocycles. The molecule has 0 unspecified atom stereocenters. The molecule has 0 aromatic heterocycles. The molecule has 0 aliphatic carbocycles. The average molecular weight is 241 g/mol. The van der Waals surface area contributed by atoms with Crippen molar-refractivity contribution in [2.45, 2.75) is 0 Å². The topological polar surface area (TPSA) is 72.0 Å². The summed E-state index contributed by atoms with van der Waals surface area (Å²) in [5.41, 5.74) is 2.44. The van der Waals surface area contributed by atoms with E-state index in [1.807, 2.05) is 0 Å². The molecule has 0 atom stereocenters. The van der Waals surface area contributed by atoms with E-state index in [1.165, 1.54) is 0 Å². The average Bonchev–Trinajstić information content (AvgIpc) is 2.03. The summed E-state index contributed by atoms with van der Waals surface area (Å²) in [7, 11) is 0. The number of hydrogen-bond acceptors (Lipinski definition) is 8. The molecule has 0 bridgehead atoms. The first-order valence-electron chi connectivity index (χ1n) is 2.59. The van der Waals surface area contributed by atoms with Gasteiger partial charge in [-0.3, -0.25) is 5.04 Å². The molecule has 0 saturated heterocycles. The van der Waals surface area contributed by atoms with Crippen LogP contribution < -0.4 is 62.1 Å². The van der Waals surface area contributed by atoms with E-state index in [0.717, 1.165) is 24.1 Å². The molecule has 0 rings (SSSR count). The van der Waals surface area contributed by atoms with E-state index >= 15 is 0 Å². The Labute approximate surface area is 122 Å². The second kappa shape index (κ2) is 15.6. The second-order valence-corrected chi connectivity index (χ2v) is 2.42. The summed E-state index contributed by atoms with van der Waals surface area (Å²) in [6.07, 6.45) is 1.71. The molecular formula is C3H8KNO5S2. The van der Waals surface area contributed by atoms with Gasteiger partial charge in [0.1, 0.15) is 0 Å². The first-order chi connectivity index (χ1) is 5.41. The van der Waals surface area contributed by atoms with E-state index in [0.29, 0.717) is 12.3 Å². The van der Waals surface area contributed by atoms with Gasteiger partial charge in [-0.25, -0.2) is 0 Å². The number of hydrogen-bond donors (Lipinski definition) is 1. The van der Waals surface area contributed by atoms with Crippen LogP contribution in [-0.4, -0.2) is 18.6 Å². The summed E-state index contributed by atoms with van der Waals surface area (Å²) in [6.45, 7) is 0.481. The minimum Gasteiger partial charge on any atom is -0.691 e. The van der Waals surface area contributed by atoms with Gasteiger partial charge < -0.3 is 5.26 Å². The van der Waals surface area contributed by atoms with Gasteiger partial charge in [-0.2, -0.15) is 9.81 Å². The van der Waals surface area contributed by atoms with Crippen LogP contribution >= 0.6 is 24.1 Å². The maximum atomic E-state index is 9.24. The van der Waals surface area contributed by atoms with E-state index in [4.69, 9.17) is 0 Å². The van der Waals surface area contributed by atoms with Gasteiger partial charge in [0.15, 0.2) is 0 Å². The van der Waals surface area contributed by atoms with Crippen molar-refractivity contribution in [1.29, 1.82) is 0 Å². The van der Waals surface area contributed by atoms with Gasteiger partial charge in [0.2, 0.25) is 0 Å². The van der Waals surface area contributed by atoms with Crippen molar-refractivity contribution in [2.75, 3.05) is 18.6 Å². The van der Waals surface area contributed by atoms with Crippen LogP contribution in [0.2, 0.25) is 0 Å². The molecule has 6 nitrogen and oxygen atoms in total. The Hall–Kier alpha value is 2.10. The molecule has 0 aliphatic rings. The van der Waals surface area contributed by atoms with Crippen LogP contribution in [0.25, 0.3) is 0 Å². The monoisotopic (exact) mass is 241 g/mol. The molecule has 12 heavy (non-hydrogen) atoms. The van der Waals surface area contributed by atoms with Crippen LogP contribution in [0.3, 0.4) is 0 Å². The van der Waals surface area contributed by atoms with E-state index in [2.05, 4.69) is 24.2 Å². The van der Waals surface area contributed by atoms with Crippen LogP contribution in [0.5, 0.6) is 0 Å². The summed E-state index contributed by atoms with van der Waals surface area (Å²) in [5, 5.41) is 12.3. The van der Waals surface area contributed by atoms with Gasteiger partial charge in [-0.05, 0) is 0 Å². The van der Waals surface area contributed by atoms with Gasteiger partial charge in [0.25, 0.3) is 0 Å². The van der Waals surface area contributed by atoms with Crippen molar-refractivity contribution >= 4 is 24.1 Å². The molecule has 0 aliphatic heterocycles. The zero-order valence-corrected chi connectivity index (χ0v) is 11.5. The van der Waals surface area contributed by atoms with E-state index < -0.39 is 0 Å². The van der Waals surface area contributed by atoms with Crippen LogP contribution in [0.15, 0.2) is 0 Å². The minimum absolute atomic E-state index is 0. The summed E-state index contributed by atoms with van der Waals surface area (Å²) < 4.78 is 8.36. The first-order valence-corrected chi connectivity index (χ1v) is 4.65. The van der Waals surface area contributed by atoms with E-state index in [9.17, 15) is 5.26 Å². The van der Waals surface area contributed by atoms with E-state index in [-0.39, 0.29) is 51.4 Å². The molecule has 0 aromatic carbocycles. The smallest absolute Gasteiger partial charge is 0.691 e. The fraction of sp³-hybridized carbons (Fsp3) is 1.00. The standard InChI is InChI=1S/C3H9NO5S2.K/c1-10-8-6-4-2-3-11-9-7-5;/h4-5H,2-3H2,1H3;/q;+1/p-1. The largest absolute Gasteiger partial charge is 1.00 e. The number of hydroxylamine groups is 1. The second-order valence-electron chi connectivity index (χ2n) is 1.17. The molecule has 0 radical (unpaired) electrons. The molecule has 9 heteroatoms. The Morgan fingerprint density at radius 2 is 2.17 bits per heavy atom. The SMILES string of the molecule is CSOONCCSOO[O-].[K+]. The first kappa shape index (κ1) is 16.5. The molecule has 0 aromatic rings. The van der Waals surface area contributed by atoms with Crippen molar-refractivity contribution in [3.8, 4) is 0 Å². The summed E-state index contributed by atoms with van der Waals surface area (Å²) in [4.78, 5) is 4.39. The summed E-state index contributed by atoms with van der Waals surface area (Å²) >= 11 is 1.94. The van der Waals surface area contributed by atoms with Crippen molar-refractivity contribution in [3.63, 3.8) is 0 Å². The van der Waals surface area contributed by atoms with Crippen LogP contribution in [0.1, 0.15) is 0 Å². The molecular weight excluding hydrogens is 233 g/mol. The predicted octanol–water partition coefficient (Wildman–Crippen LogP) is -3.41. The van der Waals surface area contributed by atoms with Gasteiger partial charge in [-0.1, -0.05) is 0 Å². The van der Waals surface area contributed by atoms with Crippen molar-refractivity contribution in [3.05, 3.63) is 0 Å².